The summed E-state index contributed by atoms with van der Waals surface area (Å²) >= 11 is 0. The van der Waals surface area contributed by atoms with Crippen LogP contribution in [0.3, 0.4) is 0 Å². The molecule has 0 spiro atoms. The van der Waals surface area contributed by atoms with Gasteiger partial charge >= 0.3 is 0 Å². The highest BCUT2D eigenvalue weighted by atomic mass is 16.5. The minimum Gasteiger partial charge on any atom is -0.377 e. The van der Waals surface area contributed by atoms with E-state index in [-0.39, 0.29) is 0 Å². The summed E-state index contributed by atoms with van der Waals surface area (Å²) in [6, 6.07) is 1.28. The van der Waals surface area contributed by atoms with Crippen LogP contribution in [0.4, 0.5) is 0 Å². The van der Waals surface area contributed by atoms with Gasteiger partial charge < -0.3 is 10.1 Å². The Kier molecular flexibility index (Phi) is 7.09. The fraction of sp³-hybridized carbons (Fsp3) is 1.00. The normalized spacial score (nSPS) is 26.6. The van der Waals surface area contributed by atoms with Crippen LogP contribution in [0.1, 0.15) is 46.5 Å². The predicted molar refractivity (Wildman–Crippen MR) is 73.4 cm³/mol. The number of hydrogen-bond donors (Lipinski definition) is 1. The second-order valence-corrected chi connectivity index (χ2v) is 5.34. The van der Waals surface area contributed by atoms with Gasteiger partial charge in [0.15, 0.2) is 0 Å². The molecule has 0 radical (unpaired) electrons. The van der Waals surface area contributed by atoms with Gasteiger partial charge in [0.25, 0.3) is 0 Å². The molecule has 17 heavy (non-hydrogen) atoms. The Morgan fingerprint density at radius 3 is 2.76 bits per heavy atom. The topological polar surface area (TPSA) is 24.5 Å². The molecular weight excluding hydrogens is 212 g/mol. The van der Waals surface area contributed by atoms with Crippen LogP contribution in [0.5, 0.6) is 0 Å². The predicted octanol–water partition coefficient (Wildman–Crippen LogP) is 2.26. The Labute approximate surface area is 107 Å². The van der Waals surface area contributed by atoms with Crippen molar-refractivity contribution in [2.45, 2.75) is 64.6 Å². The molecular formula is C14H30N2O. The molecule has 102 valence electrons. The van der Waals surface area contributed by atoms with Crippen LogP contribution >= 0.6 is 0 Å². The second-order valence-electron chi connectivity index (χ2n) is 5.34. The van der Waals surface area contributed by atoms with E-state index in [1.165, 1.54) is 25.7 Å². The van der Waals surface area contributed by atoms with Gasteiger partial charge in [0.1, 0.15) is 0 Å². The van der Waals surface area contributed by atoms with Gasteiger partial charge in [-0.15, -0.1) is 0 Å². The van der Waals surface area contributed by atoms with Gasteiger partial charge in [-0.1, -0.05) is 6.92 Å². The maximum atomic E-state index is 5.64. The molecule has 1 aliphatic heterocycles. The van der Waals surface area contributed by atoms with E-state index in [4.69, 9.17) is 4.74 Å². The molecule has 1 rings (SSSR count). The Morgan fingerprint density at radius 1 is 1.41 bits per heavy atom. The third kappa shape index (κ3) is 4.94. The standard InChI is InChI=1S/C14H30N2O/c1-5-9-15-10-6-7-12(2)16(4)14-8-11-17-13(14)3/h12-15H,5-11H2,1-4H3. The quantitative estimate of drug-likeness (QED) is 0.661. The Morgan fingerprint density at radius 2 is 2.18 bits per heavy atom. The summed E-state index contributed by atoms with van der Waals surface area (Å²) in [4.78, 5) is 2.51. The third-order valence-electron chi connectivity index (χ3n) is 3.96. The molecule has 3 unspecified atom stereocenters. The van der Waals surface area contributed by atoms with E-state index in [1.54, 1.807) is 0 Å². The van der Waals surface area contributed by atoms with Crippen LogP contribution in [-0.2, 0) is 4.74 Å². The highest BCUT2D eigenvalue weighted by Gasteiger charge is 2.29. The Bertz CT molecular complexity index is 199. The zero-order chi connectivity index (χ0) is 12.7. The zero-order valence-corrected chi connectivity index (χ0v) is 12.0. The van der Waals surface area contributed by atoms with E-state index in [2.05, 4.69) is 38.0 Å². The largest absolute Gasteiger partial charge is 0.377 e. The van der Waals surface area contributed by atoms with E-state index in [0.717, 1.165) is 19.7 Å². The number of ether oxygens (including phenoxy) is 1. The summed E-state index contributed by atoms with van der Waals surface area (Å²) in [5, 5.41) is 3.46. The molecule has 0 bridgehead atoms. The Balaban J connectivity index is 2.15. The maximum absolute atomic E-state index is 5.64. The molecule has 0 aromatic carbocycles. The van der Waals surface area contributed by atoms with Crippen LogP contribution in [0.2, 0.25) is 0 Å². The third-order valence-corrected chi connectivity index (χ3v) is 3.96. The first-order chi connectivity index (χ1) is 8.16. The molecule has 1 N–H and O–H groups in total. The van der Waals surface area contributed by atoms with Crippen LogP contribution in [0.25, 0.3) is 0 Å². The summed E-state index contributed by atoms with van der Waals surface area (Å²) in [6.45, 7) is 9.99. The average Bonchev–Trinajstić information content (AvgIpc) is 2.74. The first-order valence-electron chi connectivity index (χ1n) is 7.21. The molecule has 1 fully saturated rings. The molecule has 1 saturated heterocycles. The van der Waals surface area contributed by atoms with E-state index in [1.807, 2.05) is 0 Å². The van der Waals surface area contributed by atoms with Gasteiger partial charge in [-0.3, -0.25) is 4.90 Å². The van der Waals surface area contributed by atoms with E-state index in [9.17, 15) is 0 Å². The van der Waals surface area contributed by atoms with Crippen molar-refractivity contribution in [2.24, 2.45) is 0 Å². The van der Waals surface area contributed by atoms with E-state index >= 15 is 0 Å². The molecule has 0 amide bonds. The molecule has 3 nitrogen and oxygen atoms in total. The molecule has 3 heteroatoms. The number of likely N-dealkylation sites (N-methyl/N-ethyl adjacent to an activating group) is 1. The highest BCUT2D eigenvalue weighted by Crippen LogP contribution is 2.21. The van der Waals surface area contributed by atoms with Crippen molar-refractivity contribution < 1.29 is 4.74 Å². The van der Waals surface area contributed by atoms with Crippen LogP contribution in [0.15, 0.2) is 0 Å². The number of nitrogens with zero attached hydrogens (tertiary/aromatic N) is 1. The average molecular weight is 242 g/mol. The number of rotatable bonds is 8. The minimum absolute atomic E-state index is 0.403. The second kappa shape index (κ2) is 8.06. The van der Waals surface area contributed by atoms with Crippen molar-refractivity contribution in [3.05, 3.63) is 0 Å². The molecule has 1 aliphatic rings. The monoisotopic (exact) mass is 242 g/mol. The smallest absolute Gasteiger partial charge is 0.0703 e. The van der Waals surface area contributed by atoms with Gasteiger partial charge in [0, 0.05) is 18.7 Å². The Hall–Kier alpha value is -0.120. The summed E-state index contributed by atoms with van der Waals surface area (Å²) in [5.41, 5.74) is 0. The lowest BCUT2D eigenvalue weighted by Gasteiger charge is -2.32. The van der Waals surface area contributed by atoms with Crippen molar-refractivity contribution in [1.82, 2.24) is 10.2 Å². The molecule has 1 heterocycles. The number of hydrogen-bond acceptors (Lipinski definition) is 3. The van der Waals surface area contributed by atoms with E-state index < -0.39 is 0 Å². The van der Waals surface area contributed by atoms with Crippen LogP contribution in [0, 0.1) is 0 Å². The first-order valence-corrected chi connectivity index (χ1v) is 7.21. The van der Waals surface area contributed by atoms with Gasteiger partial charge in [-0.05, 0) is 59.7 Å². The molecule has 0 saturated carbocycles. The lowest BCUT2D eigenvalue weighted by molar-refractivity contribution is 0.0685. The maximum Gasteiger partial charge on any atom is 0.0703 e. The lowest BCUT2D eigenvalue weighted by Crippen LogP contribution is -2.42. The molecule has 0 aromatic rings. The first kappa shape index (κ1) is 14.9. The summed E-state index contributed by atoms with van der Waals surface area (Å²) < 4.78 is 5.64. The fourth-order valence-electron chi connectivity index (χ4n) is 2.61. The van der Waals surface area contributed by atoms with Crippen molar-refractivity contribution in [3.63, 3.8) is 0 Å². The van der Waals surface area contributed by atoms with E-state index in [0.29, 0.717) is 18.2 Å². The van der Waals surface area contributed by atoms with Gasteiger partial charge in [-0.25, -0.2) is 0 Å². The number of nitrogens with one attached hydrogen (secondary N) is 1. The van der Waals surface area contributed by atoms with Crippen molar-refractivity contribution >= 4 is 0 Å². The fourth-order valence-corrected chi connectivity index (χ4v) is 2.61. The van der Waals surface area contributed by atoms with Crippen molar-refractivity contribution in [3.8, 4) is 0 Å². The minimum atomic E-state index is 0.403. The van der Waals surface area contributed by atoms with Crippen molar-refractivity contribution in [1.29, 1.82) is 0 Å². The highest BCUT2D eigenvalue weighted by molar-refractivity contribution is 4.83. The van der Waals surface area contributed by atoms with Gasteiger partial charge in [0.05, 0.1) is 6.10 Å². The zero-order valence-electron chi connectivity index (χ0n) is 12.0. The molecule has 3 atom stereocenters. The van der Waals surface area contributed by atoms with Crippen LogP contribution in [-0.4, -0.2) is 49.8 Å². The molecule has 0 aromatic heterocycles. The van der Waals surface area contributed by atoms with Crippen LogP contribution < -0.4 is 5.32 Å². The summed E-state index contributed by atoms with van der Waals surface area (Å²) in [6.07, 6.45) is 5.37. The summed E-state index contributed by atoms with van der Waals surface area (Å²) in [5.74, 6) is 0. The van der Waals surface area contributed by atoms with Gasteiger partial charge in [0.2, 0.25) is 0 Å². The van der Waals surface area contributed by atoms with Gasteiger partial charge in [-0.2, -0.15) is 0 Å². The van der Waals surface area contributed by atoms with Crippen molar-refractivity contribution in [2.75, 3.05) is 26.7 Å². The lowest BCUT2D eigenvalue weighted by atomic mass is 10.1. The SMILES string of the molecule is CCCNCCCC(C)N(C)C1CCOC1C. The summed E-state index contributed by atoms with van der Waals surface area (Å²) in [7, 11) is 2.25. The molecule has 0 aliphatic carbocycles.